The molecule has 2 atom stereocenters. The molecule has 3 heteroatoms. The Bertz CT molecular complexity index is 544. The molecule has 1 aliphatic carbocycles. The Balaban J connectivity index is 1.72. The first-order valence-electron chi connectivity index (χ1n) is 6.63. The molecule has 0 fully saturated rings. The number of nitrogens with two attached hydrogens (primary N) is 1. The minimum Gasteiger partial charge on any atom is -0.335 e. The highest BCUT2D eigenvalue weighted by Gasteiger charge is 2.31. The molecule has 1 aromatic heterocycles. The molecule has 1 aromatic carbocycles. The van der Waals surface area contributed by atoms with E-state index < -0.39 is 0 Å². The second kappa shape index (κ2) is 4.58. The minimum atomic E-state index is 0.174. The highest BCUT2D eigenvalue weighted by Crippen LogP contribution is 2.37. The Morgan fingerprint density at radius 3 is 3.06 bits per heavy atom. The predicted molar refractivity (Wildman–Crippen MR) is 72.5 cm³/mol. The largest absolute Gasteiger partial charge is 0.335 e. The van der Waals surface area contributed by atoms with Crippen molar-refractivity contribution in [2.24, 2.45) is 5.73 Å². The van der Waals surface area contributed by atoms with Crippen molar-refractivity contribution >= 4 is 0 Å². The summed E-state index contributed by atoms with van der Waals surface area (Å²) in [5.41, 5.74) is 9.24. The Kier molecular flexibility index (Phi) is 2.92. The highest BCUT2D eigenvalue weighted by molar-refractivity contribution is 5.41. The van der Waals surface area contributed by atoms with Crippen LogP contribution in [-0.2, 0) is 19.4 Å². The lowest BCUT2D eigenvalue weighted by molar-refractivity contribution is 0.465. The Labute approximate surface area is 108 Å². The second-order valence-electron chi connectivity index (χ2n) is 5.01. The van der Waals surface area contributed by atoms with Crippen molar-refractivity contribution in [3.63, 3.8) is 0 Å². The van der Waals surface area contributed by atoms with Gasteiger partial charge >= 0.3 is 0 Å². The third kappa shape index (κ3) is 1.85. The van der Waals surface area contributed by atoms with Crippen molar-refractivity contribution in [1.82, 2.24) is 9.55 Å². The van der Waals surface area contributed by atoms with E-state index in [9.17, 15) is 0 Å². The van der Waals surface area contributed by atoms with Crippen molar-refractivity contribution in [2.75, 3.05) is 0 Å². The molecule has 3 nitrogen and oxygen atoms in total. The standard InChI is InChI=1S/C15H19N3/c1-2-18-8-7-17-15(18)10-14(16)13-9-11-5-3-4-6-12(11)13/h3-8,13-14H,2,9-10,16H2,1H3. The maximum atomic E-state index is 6.36. The molecule has 0 saturated heterocycles. The average molecular weight is 241 g/mol. The van der Waals surface area contributed by atoms with Crippen LogP contribution in [-0.4, -0.2) is 15.6 Å². The van der Waals surface area contributed by atoms with Gasteiger partial charge in [0.25, 0.3) is 0 Å². The van der Waals surface area contributed by atoms with Crippen LogP contribution in [0, 0.1) is 0 Å². The first kappa shape index (κ1) is 11.5. The maximum Gasteiger partial charge on any atom is 0.110 e. The lowest BCUT2D eigenvalue weighted by Crippen LogP contribution is -2.37. The molecular weight excluding hydrogens is 222 g/mol. The molecule has 2 unspecified atom stereocenters. The van der Waals surface area contributed by atoms with Crippen LogP contribution in [0.15, 0.2) is 36.7 Å². The van der Waals surface area contributed by atoms with Crippen LogP contribution in [0.2, 0.25) is 0 Å². The zero-order chi connectivity index (χ0) is 12.5. The zero-order valence-electron chi connectivity index (χ0n) is 10.7. The lowest BCUT2D eigenvalue weighted by Gasteiger charge is -2.34. The van der Waals surface area contributed by atoms with E-state index in [0.717, 1.165) is 25.2 Å². The molecule has 0 saturated carbocycles. The summed E-state index contributed by atoms with van der Waals surface area (Å²) in [5, 5.41) is 0. The molecule has 0 spiro atoms. The van der Waals surface area contributed by atoms with E-state index in [1.807, 2.05) is 12.4 Å². The van der Waals surface area contributed by atoms with Gasteiger partial charge in [0.2, 0.25) is 0 Å². The summed E-state index contributed by atoms with van der Waals surface area (Å²) in [6, 6.07) is 8.78. The Hall–Kier alpha value is -1.61. The first-order valence-corrected chi connectivity index (χ1v) is 6.63. The number of hydrogen-bond acceptors (Lipinski definition) is 2. The van der Waals surface area contributed by atoms with E-state index in [4.69, 9.17) is 5.73 Å². The van der Waals surface area contributed by atoms with Gasteiger partial charge in [-0.3, -0.25) is 0 Å². The minimum absolute atomic E-state index is 0.174. The fraction of sp³-hybridized carbons (Fsp3) is 0.400. The van der Waals surface area contributed by atoms with Gasteiger partial charge in [0.1, 0.15) is 5.82 Å². The zero-order valence-corrected chi connectivity index (χ0v) is 10.7. The lowest BCUT2D eigenvalue weighted by atomic mass is 9.73. The van der Waals surface area contributed by atoms with Crippen LogP contribution < -0.4 is 5.73 Å². The number of aryl methyl sites for hydroxylation is 1. The van der Waals surface area contributed by atoms with Crippen LogP contribution in [0.25, 0.3) is 0 Å². The molecule has 94 valence electrons. The van der Waals surface area contributed by atoms with E-state index in [2.05, 4.69) is 40.7 Å². The van der Waals surface area contributed by atoms with Gasteiger partial charge in [-0.1, -0.05) is 24.3 Å². The SMILES string of the molecule is CCn1ccnc1CC(N)C1Cc2ccccc21. The molecule has 18 heavy (non-hydrogen) atoms. The maximum absolute atomic E-state index is 6.36. The van der Waals surface area contributed by atoms with E-state index in [0.29, 0.717) is 5.92 Å². The van der Waals surface area contributed by atoms with Gasteiger partial charge < -0.3 is 10.3 Å². The van der Waals surface area contributed by atoms with Gasteiger partial charge in [0.15, 0.2) is 0 Å². The molecule has 2 aromatic rings. The second-order valence-corrected chi connectivity index (χ2v) is 5.01. The van der Waals surface area contributed by atoms with Crippen LogP contribution in [0.4, 0.5) is 0 Å². The number of benzene rings is 1. The number of aromatic nitrogens is 2. The summed E-state index contributed by atoms with van der Waals surface area (Å²) < 4.78 is 2.17. The Morgan fingerprint density at radius 1 is 1.44 bits per heavy atom. The van der Waals surface area contributed by atoms with E-state index in [-0.39, 0.29) is 6.04 Å². The molecular formula is C15H19N3. The number of rotatable bonds is 4. The molecule has 0 aliphatic heterocycles. The van der Waals surface area contributed by atoms with Crippen molar-refractivity contribution in [3.05, 3.63) is 53.6 Å². The average Bonchev–Trinajstić information content (AvgIpc) is 2.78. The van der Waals surface area contributed by atoms with Gasteiger partial charge in [-0.2, -0.15) is 0 Å². The normalized spacial score (nSPS) is 19.1. The van der Waals surface area contributed by atoms with Crippen molar-refractivity contribution < 1.29 is 0 Å². The molecule has 0 amide bonds. The summed E-state index contributed by atoms with van der Waals surface area (Å²) >= 11 is 0. The number of fused-ring (bicyclic) bond motifs is 1. The van der Waals surface area contributed by atoms with Gasteiger partial charge in [0, 0.05) is 37.3 Å². The van der Waals surface area contributed by atoms with Crippen LogP contribution in [0.1, 0.15) is 29.8 Å². The molecule has 1 aliphatic rings. The van der Waals surface area contributed by atoms with E-state index in [1.54, 1.807) is 0 Å². The Morgan fingerprint density at radius 2 is 2.28 bits per heavy atom. The van der Waals surface area contributed by atoms with Crippen molar-refractivity contribution in [2.45, 2.75) is 38.3 Å². The number of nitrogens with zero attached hydrogens (tertiary/aromatic N) is 2. The van der Waals surface area contributed by atoms with Crippen LogP contribution in [0.3, 0.4) is 0 Å². The summed E-state index contributed by atoms with van der Waals surface area (Å²) in [5.74, 6) is 1.61. The first-order chi connectivity index (χ1) is 8.79. The highest BCUT2D eigenvalue weighted by atomic mass is 15.1. The fourth-order valence-corrected chi connectivity index (χ4v) is 2.85. The van der Waals surface area contributed by atoms with Gasteiger partial charge in [-0.15, -0.1) is 0 Å². The fourth-order valence-electron chi connectivity index (χ4n) is 2.85. The topological polar surface area (TPSA) is 43.8 Å². The van der Waals surface area contributed by atoms with Gasteiger partial charge in [0.05, 0.1) is 0 Å². The van der Waals surface area contributed by atoms with Crippen molar-refractivity contribution in [1.29, 1.82) is 0 Å². The van der Waals surface area contributed by atoms with Gasteiger partial charge in [-0.05, 0) is 24.5 Å². The molecule has 3 rings (SSSR count). The monoisotopic (exact) mass is 241 g/mol. The predicted octanol–water partition coefficient (Wildman–Crippen LogP) is 2.11. The summed E-state index contributed by atoms with van der Waals surface area (Å²) in [6.07, 6.45) is 5.86. The number of imidazole rings is 1. The molecule has 0 radical (unpaired) electrons. The summed E-state index contributed by atoms with van der Waals surface area (Å²) in [7, 11) is 0. The molecule has 0 bridgehead atoms. The quantitative estimate of drug-likeness (QED) is 0.891. The van der Waals surface area contributed by atoms with Crippen molar-refractivity contribution in [3.8, 4) is 0 Å². The van der Waals surface area contributed by atoms with Crippen LogP contribution in [0.5, 0.6) is 0 Å². The third-order valence-corrected chi connectivity index (χ3v) is 3.97. The van der Waals surface area contributed by atoms with Crippen LogP contribution >= 0.6 is 0 Å². The number of hydrogen-bond donors (Lipinski definition) is 1. The molecule has 2 N–H and O–H groups in total. The summed E-state index contributed by atoms with van der Waals surface area (Å²) in [6.45, 7) is 3.10. The van der Waals surface area contributed by atoms with Gasteiger partial charge in [-0.25, -0.2) is 4.98 Å². The van der Waals surface area contributed by atoms with E-state index in [1.165, 1.54) is 11.1 Å². The third-order valence-electron chi connectivity index (χ3n) is 3.97. The van der Waals surface area contributed by atoms with E-state index >= 15 is 0 Å². The summed E-state index contributed by atoms with van der Waals surface area (Å²) in [4.78, 5) is 4.41. The smallest absolute Gasteiger partial charge is 0.110 e. The molecule has 1 heterocycles.